The van der Waals surface area contributed by atoms with Crippen molar-refractivity contribution < 1.29 is 22.8 Å². The van der Waals surface area contributed by atoms with Crippen molar-refractivity contribution in [2.24, 2.45) is 0 Å². The van der Waals surface area contributed by atoms with Crippen LogP contribution in [0.3, 0.4) is 0 Å². The second-order valence-corrected chi connectivity index (χ2v) is 12.7. The van der Waals surface area contributed by atoms with E-state index in [9.17, 15) is 22.8 Å². The minimum absolute atomic E-state index is 0.0547. The molecule has 3 aromatic carbocycles. The Hall–Kier alpha value is -3.69. The predicted octanol–water partition coefficient (Wildman–Crippen LogP) is 4.57. The Labute approximate surface area is 245 Å². The Kier molecular flexibility index (Phi) is 8.75. The standard InChI is InChI=1S/C31H32ClN3O5S/c32-24-16-14-23(15-17-24)21-34(27(20-22-8-2-1-3-9-22)30(37)33-25-10-4-5-11-25)29(36)18-19-35-31(38)26-12-6-7-13-28(26)41(35,39)40/h1-3,6-9,12-17,25,27H,4-5,10-11,18-21H2,(H,33,37)/t27-/m0/s1. The zero-order valence-electron chi connectivity index (χ0n) is 22.5. The van der Waals surface area contributed by atoms with Crippen LogP contribution in [0.1, 0.15) is 53.6 Å². The van der Waals surface area contributed by atoms with Gasteiger partial charge < -0.3 is 10.2 Å². The van der Waals surface area contributed by atoms with Gasteiger partial charge in [0, 0.05) is 37.0 Å². The third-order valence-corrected chi connectivity index (χ3v) is 9.77. The second-order valence-electron chi connectivity index (χ2n) is 10.5. The lowest BCUT2D eigenvalue weighted by atomic mass is 10.0. The first-order valence-corrected chi connectivity index (χ1v) is 15.6. The van der Waals surface area contributed by atoms with Crippen molar-refractivity contribution in [1.82, 2.24) is 14.5 Å². The summed E-state index contributed by atoms with van der Waals surface area (Å²) in [6.07, 6.45) is 3.89. The van der Waals surface area contributed by atoms with Gasteiger partial charge in [0.25, 0.3) is 15.9 Å². The lowest BCUT2D eigenvalue weighted by Crippen LogP contribution is -2.52. The number of carbonyl (C=O) groups excluding carboxylic acids is 3. The first-order chi connectivity index (χ1) is 19.7. The van der Waals surface area contributed by atoms with E-state index >= 15 is 0 Å². The quantitative estimate of drug-likeness (QED) is 0.371. The molecule has 3 aromatic rings. The van der Waals surface area contributed by atoms with Crippen molar-refractivity contribution in [2.75, 3.05) is 6.54 Å². The lowest BCUT2D eigenvalue weighted by Gasteiger charge is -2.33. The summed E-state index contributed by atoms with van der Waals surface area (Å²) in [4.78, 5) is 42.1. The van der Waals surface area contributed by atoms with E-state index < -0.39 is 27.9 Å². The molecule has 10 heteroatoms. The molecule has 1 saturated carbocycles. The number of carbonyl (C=O) groups is 3. The van der Waals surface area contributed by atoms with Gasteiger partial charge in [-0.2, -0.15) is 0 Å². The zero-order valence-corrected chi connectivity index (χ0v) is 24.1. The molecule has 0 bridgehead atoms. The van der Waals surface area contributed by atoms with Crippen LogP contribution in [-0.2, 0) is 32.6 Å². The minimum atomic E-state index is -4.06. The van der Waals surface area contributed by atoms with Gasteiger partial charge in [0.2, 0.25) is 11.8 Å². The number of nitrogens with one attached hydrogen (secondary N) is 1. The summed E-state index contributed by atoms with van der Waals surface area (Å²) in [6.45, 7) is -0.208. The van der Waals surface area contributed by atoms with Crippen molar-refractivity contribution in [3.63, 3.8) is 0 Å². The molecule has 0 saturated heterocycles. The van der Waals surface area contributed by atoms with Gasteiger partial charge in [0.1, 0.15) is 10.9 Å². The number of rotatable bonds is 10. The Morgan fingerprint density at radius 2 is 1.59 bits per heavy atom. The van der Waals surface area contributed by atoms with E-state index in [4.69, 9.17) is 11.6 Å². The van der Waals surface area contributed by atoms with Crippen LogP contribution < -0.4 is 5.32 Å². The van der Waals surface area contributed by atoms with E-state index in [1.165, 1.54) is 17.0 Å². The molecule has 0 unspecified atom stereocenters. The number of amides is 3. The molecule has 1 heterocycles. The third kappa shape index (κ3) is 6.47. The highest BCUT2D eigenvalue weighted by atomic mass is 35.5. The Morgan fingerprint density at radius 1 is 0.927 bits per heavy atom. The Balaban J connectivity index is 1.42. The van der Waals surface area contributed by atoms with E-state index in [2.05, 4.69) is 5.32 Å². The maximum atomic E-state index is 13.9. The van der Waals surface area contributed by atoms with Gasteiger partial charge in [-0.25, -0.2) is 12.7 Å². The predicted molar refractivity (Wildman–Crippen MR) is 156 cm³/mol. The van der Waals surface area contributed by atoms with Crippen LogP contribution >= 0.6 is 11.6 Å². The molecule has 0 spiro atoms. The topological polar surface area (TPSA) is 104 Å². The summed E-state index contributed by atoms with van der Waals surface area (Å²) in [5.74, 6) is -1.33. The van der Waals surface area contributed by atoms with Crippen LogP contribution in [0, 0.1) is 0 Å². The largest absolute Gasteiger partial charge is 0.352 e. The normalized spacial score (nSPS) is 16.8. The molecule has 41 heavy (non-hydrogen) atoms. The fourth-order valence-electron chi connectivity index (χ4n) is 5.50. The summed E-state index contributed by atoms with van der Waals surface area (Å²) in [5, 5.41) is 3.69. The number of benzene rings is 3. The molecule has 214 valence electrons. The summed E-state index contributed by atoms with van der Waals surface area (Å²) >= 11 is 6.09. The molecule has 1 atom stereocenters. The first kappa shape index (κ1) is 28.8. The minimum Gasteiger partial charge on any atom is -0.352 e. The molecule has 3 amide bonds. The van der Waals surface area contributed by atoms with Gasteiger partial charge in [0.15, 0.2) is 0 Å². The Bertz CT molecular complexity index is 1520. The molecular weight excluding hydrogens is 562 g/mol. The SMILES string of the molecule is O=C(NC1CCCC1)[C@H](Cc1ccccc1)N(Cc1ccc(Cl)cc1)C(=O)CCN1C(=O)c2ccccc2S1(=O)=O. The monoisotopic (exact) mass is 593 g/mol. The van der Waals surface area contributed by atoms with Crippen molar-refractivity contribution >= 4 is 39.3 Å². The van der Waals surface area contributed by atoms with Crippen molar-refractivity contribution in [3.8, 4) is 0 Å². The molecule has 1 N–H and O–H groups in total. The van der Waals surface area contributed by atoms with Crippen molar-refractivity contribution in [3.05, 3.63) is 101 Å². The summed E-state index contributed by atoms with van der Waals surface area (Å²) < 4.78 is 26.9. The number of hydrogen-bond acceptors (Lipinski definition) is 5. The molecule has 1 aliphatic heterocycles. The van der Waals surface area contributed by atoms with E-state index in [0.717, 1.165) is 41.1 Å². The summed E-state index contributed by atoms with van der Waals surface area (Å²) in [5.41, 5.74) is 1.75. The average Bonchev–Trinajstić information content (AvgIpc) is 3.55. The van der Waals surface area contributed by atoms with Gasteiger partial charge in [-0.3, -0.25) is 14.4 Å². The van der Waals surface area contributed by atoms with Crippen LogP contribution in [0.15, 0.2) is 83.8 Å². The fourth-order valence-corrected chi connectivity index (χ4v) is 7.20. The maximum absolute atomic E-state index is 13.9. The second kappa shape index (κ2) is 12.4. The van der Waals surface area contributed by atoms with Crippen LogP contribution in [0.5, 0.6) is 0 Å². The molecule has 0 aromatic heterocycles. The number of hydrogen-bond donors (Lipinski definition) is 1. The van der Waals surface area contributed by atoms with Crippen LogP contribution in [0.4, 0.5) is 0 Å². The van der Waals surface area contributed by atoms with E-state index in [-0.39, 0.29) is 48.3 Å². The first-order valence-electron chi connectivity index (χ1n) is 13.8. The fraction of sp³-hybridized carbons (Fsp3) is 0.323. The van der Waals surface area contributed by atoms with Crippen molar-refractivity contribution in [2.45, 2.75) is 62.0 Å². The molecule has 5 rings (SSSR count). The average molecular weight is 594 g/mol. The van der Waals surface area contributed by atoms with E-state index in [0.29, 0.717) is 5.02 Å². The van der Waals surface area contributed by atoms with Gasteiger partial charge in [-0.05, 0) is 48.2 Å². The number of halogens is 1. The zero-order chi connectivity index (χ0) is 29.0. The third-order valence-electron chi connectivity index (χ3n) is 7.68. The van der Waals surface area contributed by atoms with Gasteiger partial charge in [0.05, 0.1) is 5.56 Å². The molecule has 1 aliphatic carbocycles. The highest BCUT2D eigenvalue weighted by Crippen LogP contribution is 2.30. The van der Waals surface area contributed by atoms with Crippen LogP contribution in [0.25, 0.3) is 0 Å². The number of nitrogens with zero attached hydrogens (tertiary/aromatic N) is 2. The van der Waals surface area contributed by atoms with Crippen molar-refractivity contribution in [1.29, 1.82) is 0 Å². The highest BCUT2D eigenvalue weighted by Gasteiger charge is 2.41. The Morgan fingerprint density at radius 3 is 2.27 bits per heavy atom. The molecule has 8 nitrogen and oxygen atoms in total. The number of fused-ring (bicyclic) bond motifs is 1. The molecule has 2 aliphatic rings. The van der Waals surface area contributed by atoms with E-state index in [1.54, 1.807) is 36.4 Å². The molecule has 0 radical (unpaired) electrons. The van der Waals surface area contributed by atoms with Crippen LogP contribution in [-0.4, -0.2) is 54.0 Å². The van der Waals surface area contributed by atoms with Gasteiger partial charge in [-0.1, -0.05) is 79.0 Å². The molecular formula is C31H32ClN3O5S. The highest BCUT2D eigenvalue weighted by molar-refractivity contribution is 7.90. The summed E-state index contributed by atoms with van der Waals surface area (Å²) in [6, 6.07) is 21.7. The van der Waals surface area contributed by atoms with Gasteiger partial charge in [-0.15, -0.1) is 0 Å². The van der Waals surface area contributed by atoms with Gasteiger partial charge >= 0.3 is 0 Å². The van der Waals surface area contributed by atoms with E-state index in [1.807, 2.05) is 30.3 Å². The lowest BCUT2D eigenvalue weighted by molar-refractivity contribution is -0.141. The molecule has 1 fully saturated rings. The number of sulfonamides is 1. The maximum Gasteiger partial charge on any atom is 0.269 e. The summed E-state index contributed by atoms with van der Waals surface area (Å²) in [7, 11) is -4.06. The smallest absolute Gasteiger partial charge is 0.269 e. The van der Waals surface area contributed by atoms with Crippen LogP contribution in [0.2, 0.25) is 5.02 Å².